The van der Waals surface area contributed by atoms with Crippen molar-refractivity contribution in [3.05, 3.63) is 139 Å². The number of nitrogens with two attached hydrogens (primary N) is 1. The molecule has 0 spiro atoms. The minimum Gasteiger partial charge on any atom is -0.507 e. The maximum Gasteiger partial charge on any atom is 0.348 e. The average molecular weight is 1260 g/mol. The highest BCUT2D eigenvalue weighted by Crippen LogP contribution is 2.41. The Balaban J connectivity index is 0.000000153. The monoisotopic (exact) mass is 1260 g/mol. The van der Waals surface area contributed by atoms with E-state index in [0.717, 1.165) is 67.0 Å². The molecule has 1 unspecified atom stereocenters. The first-order valence-electron chi connectivity index (χ1n) is 31.4. The van der Waals surface area contributed by atoms with E-state index in [1.807, 2.05) is 18.2 Å². The van der Waals surface area contributed by atoms with Gasteiger partial charge in [-0.3, -0.25) is 30.0 Å². The van der Waals surface area contributed by atoms with Crippen molar-refractivity contribution in [1.29, 1.82) is 0 Å². The van der Waals surface area contributed by atoms with Crippen LogP contribution in [0.3, 0.4) is 0 Å². The van der Waals surface area contributed by atoms with E-state index in [1.165, 1.54) is 25.0 Å². The predicted molar refractivity (Wildman–Crippen MR) is 362 cm³/mol. The van der Waals surface area contributed by atoms with Crippen molar-refractivity contribution in [2.75, 3.05) is 23.9 Å². The molecule has 1 atom stereocenters. The summed E-state index contributed by atoms with van der Waals surface area (Å²) in [5.74, 6) is 3.07. The molecule has 3 saturated heterocycles. The van der Waals surface area contributed by atoms with Crippen molar-refractivity contribution in [2.45, 2.75) is 173 Å². The fraction of sp³-hybridized carbons (Fsp3) is 0.435. The van der Waals surface area contributed by atoms with Gasteiger partial charge in [0.25, 0.3) is 0 Å². The third-order valence-electron chi connectivity index (χ3n) is 17.4. The number of hydrogen-bond acceptors (Lipinski definition) is 22. The van der Waals surface area contributed by atoms with E-state index >= 15 is 0 Å². The highest BCUT2D eigenvalue weighted by atomic mass is 16.3. The van der Waals surface area contributed by atoms with Crippen LogP contribution in [0.15, 0.2) is 128 Å². The Morgan fingerprint density at radius 3 is 1.32 bits per heavy atom. The lowest BCUT2D eigenvalue weighted by Crippen LogP contribution is -2.62. The van der Waals surface area contributed by atoms with E-state index in [1.54, 1.807) is 79.9 Å². The number of phenolic OH excluding ortho intramolecular Hbond substituents is 3. The van der Waals surface area contributed by atoms with Gasteiger partial charge in [-0.15, -0.1) is 0 Å². The zero-order chi connectivity index (χ0) is 66.8. The van der Waals surface area contributed by atoms with Crippen molar-refractivity contribution in [3.8, 4) is 84.9 Å². The minimum atomic E-state index is -0.496. The van der Waals surface area contributed by atoms with Crippen molar-refractivity contribution < 1.29 is 15.3 Å². The SMILES string of the molecule is CC1(C)CC(C(N)c2cnc(-c3ccc(-c4cn[nH]c4)cc3O)cn2)CC(C)(C)N1.CN(c1cnc(-c2ccc(-c3ncnc(=O)[nH]3)cc2O)cn1)C1CC(C)(C)NC(C)(C)C1.CN(c1cnc(-c2ccc(-c3ncncn3)cc2O)cn1)C1CC(C)(C)NC(C)(C)C1. The van der Waals surface area contributed by atoms with Gasteiger partial charge in [-0.25, -0.2) is 34.7 Å². The molecule has 488 valence electrons. The van der Waals surface area contributed by atoms with Gasteiger partial charge in [-0.2, -0.15) is 10.1 Å². The van der Waals surface area contributed by atoms with Crippen molar-refractivity contribution in [2.24, 2.45) is 11.7 Å². The fourth-order valence-corrected chi connectivity index (χ4v) is 14.2. The fourth-order valence-electron chi connectivity index (χ4n) is 14.2. The molecule has 0 saturated carbocycles. The molecule has 0 bridgehead atoms. The molecule has 0 radical (unpaired) electrons. The number of H-pyrrole nitrogens is 2. The molecule has 3 aliphatic heterocycles. The maximum absolute atomic E-state index is 11.4. The lowest BCUT2D eigenvalue weighted by atomic mass is 9.72. The van der Waals surface area contributed by atoms with Crippen LogP contribution in [0, 0.1) is 5.92 Å². The van der Waals surface area contributed by atoms with E-state index in [9.17, 15) is 20.1 Å². The molecule has 9 aromatic rings. The second-order valence-corrected chi connectivity index (χ2v) is 28.9. The first kappa shape index (κ1) is 66.7. The zero-order valence-corrected chi connectivity index (χ0v) is 55.7. The smallest absolute Gasteiger partial charge is 0.348 e. The molecule has 10 N–H and O–H groups in total. The molecule has 93 heavy (non-hydrogen) atoms. The summed E-state index contributed by atoms with van der Waals surface area (Å²) in [5, 5.41) is 49.5. The van der Waals surface area contributed by atoms with E-state index in [2.05, 4.69) is 193 Å². The second kappa shape index (κ2) is 26.4. The average Bonchev–Trinajstić information content (AvgIpc) is 1.01. The van der Waals surface area contributed by atoms with Gasteiger partial charge in [0.15, 0.2) is 5.82 Å². The largest absolute Gasteiger partial charge is 0.507 e. The van der Waals surface area contributed by atoms with Crippen molar-refractivity contribution in [1.82, 2.24) is 86.0 Å². The molecule has 3 fully saturated rings. The second-order valence-electron chi connectivity index (χ2n) is 28.9. The van der Waals surface area contributed by atoms with Crippen LogP contribution < -0.4 is 37.2 Å². The Morgan fingerprint density at radius 2 is 0.903 bits per heavy atom. The number of rotatable bonds is 12. The molecule has 0 aliphatic carbocycles. The molecule has 3 aromatic carbocycles. The number of piperidine rings is 3. The molecular weight excluding hydrogens is 1170 g/mol. The molecule has 3 aliphatic rings. The van der Waals surface area contributed by atoms with Crippen LogP contribution in [0.5, 0.6) is 17.2 Å². The lowest BCUT2D eigenvalue weighted by Gasteiger charge is -2.49. The number of aromatic amines is 2. The molecule has 6 aromatic heterocycles. The molecular formula is C69H88N20O4. The van der Waals surface area contributed by atoms with Gasteiger partial charge in [0.05, 0.1) is 72.2 Å². The van der Waals surface area contributed by atoms with Gasteiger partial charge in [0.1, 0.15) is 53.7 Å². The van der Waals surface area contributed by atoms with Gasteiger partial charge in [-0.1, -0.05) is 18.2 Å². The minimum absolute atomic E-state index is 0.0271. The quantitative estimate of drug-likeness (QED) is 0.0549. The number of benzene rings is 3. The summed E-state index contributed by atoms with van der Waals surface area (Å²) in [4.78, 5) is 65.5. The van der Waals surface area contributed by atoms with E-state index in [0.29, 0.717) is 74.5 Å². The van der Waals surface area contributed by atoms with Gasteiger partial charge in [0.2, 0.25) is 0 Å². The van der Waals surface area contributed by atoms with Crippen LogP contribution in [0.25, 0.3) is 67.7 Å². The summed E-state index contributed by atoms with van der Waals surface area (Å²) in [6, 6.07) is 16.3. The van der Waals surface area contributed by atoms with Crippen LogP contribution in [-0.2, 0) is 0 Å². The topological polar surface area (TPSA) is 333 Å². The number of nitrogens with zero attached hydrogens (tertiary/aromatic N) is 14. The molecule has 12 rings (SSSR count). The van der Waals surface area contributed by atoms with Crippen LogP contribution >= 0.6 is 0 Å². The summed E-state index contributed by atoms with van der Waals surface area (Å²) in [5.41, 5.74) is 13.8. The van der Waals surface area contributed by atoms with E-state index in [-0.39, 0.29) is 56.5 Å². The Bertz CT molecular complexity index is 4020. The third kappa shape index (κ3) is 16.5. The summed E-state index contributed by atoms with van der Waals surface area (Å²) in [6.07, 6.45) is 23.9. The number of aromatic hydroxyl groups is 3. The van der Waals surface area contributed by atoms with Crippen molar-refractivity contribution >= 4 is 11.6 Å². The normalized spacial score (nSPS) is 18.4. The molecule has 24 heteroatoms. The Morgan fingerprint density at radius 1 is 0.473 bits per heavy atom. The summed E-state index contributed by atoms with van der Waals surface area (Å²) < 4.78 is 0. The highest BCUT2D eigenvalue weighted by Gasteiger charge is 2.42. The third-order valence-corrected chi connectivity index (χ3v) is 17.4. The first-order chi connectivity index (χ1) is 43.8. The van der Waals surface area contributed by atoms with Crippen LogP contribution in [0.2, 0.25) is 0 Å². The van der Waals surface area contributed by atoms with E-state index < -0.39 is 5.69 Å². The number of anilines is 2. The zero-order valence-electron chi connectivity index (χ0n) is 55.7. The lowest BCUT2D eigenvalue weighted by molar-refractivity contribution is 0.112. The van der Waals surface area contributed by atoms with Crippen LogP contribution in [0.1, 0.15) is 133 Å². The molecule has 0 amide bonds. The standard InChI is InChI=1S/C23H29N7O2.C23H29N7O.C23H30N6O/c1-22(2)9-15(10-23(3,4)29-22)30(5)19-12-24-17(11-25-19)16-7-6-14(8-18(16)31)20-26-13-27-21(32)28-20;1-22(2)9-16(10-23(3,4)29-22)30(5)20-12-25-18(11-26-20)17-7-6-15(8-19(17)31)21-27-13-24-14-28-21;1-22(2)8-15(9-23(3,4)29-22)21(24)19-13-25-18(12-26-19)17-6-5-14(7-20(17)30)16-10-27-28-11-16/h6-8,11-13,15,29,31H,9-10H2,1-5H3,(H,26,27,28,32);6-8,11-14,16,29,31H,9-10H2,1-5H3;5-7,10-13,15,21,29-30H,8-9,24H2,1-4H3,(H,27,28). The number of aromatic nitrogens is 14. The van der Waals surface area contributed by atoms with Crippen molar-refractivity contribution in [3.63, 3.8) is 0 Å². The van der Waals surface area contributed by atoms with Gasteiger partial charge < -0.3 is 46.8 Å². The van der Waals surface area contributed by atoms with Crippen LogP contribution in [-0.4, -0.2) is 145 Å². The number of nitrogens with one attached hydrogen (secondary N) is 5. The highest BCUT2D eigenvalue weighted by molar-refractivity contribution is 5.75. The molecule has 9 heterocycles. The van der Waals surface area contributed by atoms with Gasteiger partial charge >= 0.3 is 5.69 Å². The predicted octanol–water partition coefficient (Wildman–Crippen LogP) is 9.98. The maximum atomic E-state index is 11.4. The van der Waals surface area contributed by atoms with Gasteiger partial charge in [-0.05, 0) is 169 Å². The molecule has 24 nitrogen and oxygen atoms in total. The first-order valence-corrected chi connectivity index (χ1v) is 31.4. The van der Waals surface area contributed by atoms with E-state index in [4.69, 9.17) is 5.73 Å². The summed E-state index contributed by atoms with van der Waals surface area (Å²) in [7, 11) is 4.13. The number of hydrogen-bond donors (Lipinski definition) is 9. The summed E-state index contributed by atoms with van der Waals surface area (Å²) in [6.45, 7) is 26.8. The Kier molecular flexibility index (Phi) is 18.9. The number of phenols is 3. The summed E-state index contributed by atoms with van der Waals surface area (Å²) >= 11 is 0. The Labute approximate surface area is 543 Å². The van der Waals surface area contributed by atoms with Crippen LogP contribution in [0.4, 0.5) is 11.6 Å². The Hall–Kier alpha value is -9.23. The van der Waals surface area contributed by atoms with Gasteiger partial charge in [0, 0.05) is 99.0 Å².